The molecular weight excluding hydrogens is 335 g/mol. The second-order valence-corrected chi connectivity index (χ2v) is 6.61. The van der Waals surface area contributed by atoms with E-state index in [0.717, 1.165) is 22.6 Å². The molecule has 3 nitrogen and oxygen atoms in total. The van der Waals surface area contributed by atoms with E-state index in [-0.39, 0.29) is 11.7 Å². The average molecular weight is 354 g/mol. The summed E-state index contributed by atoms with van der Waals surface area (Å²) in [5.41, 5.74) is 2.56. The number of thiazole rings is 1. The molecule has 0 aliphatic rings. The van der Waals surface area contributed by atoms with Gasteiger partial charge in [0.25, 0.3) is 0 Å². The molecule has 25 heavy (non-hydrogen) atoms. The standard InChI is InChI=1S/C20H19FN2OS/c1-3-17-19(14-8-6-5-7-9-14)22-20(25-17)23(18(24)4-2)16-12-10-15(21)11-13-16/h5-13H,3-4H2,1-2H3. The first-order valence-corrected chi connectivity index (χ1v) is 9.09. The zero-order valence-corrected chi connectivity index (χ0v) is 15.0. The van der Waals surface area contributed by atoms with E-state index in [1.807, 2.05) is 37.3 Å². The second kappa shape index (κ2) is 7.57. The van der Waals surface area contributed by atoms with Crippen molar-refractivity contribution in [3.8, 4) is 11.3 Å². The Bertz CT molecular complexity index is 859. The zero-order chi connectivity index (χ0) is 17.8. The van der Waals surface area contributed by atoms with Crippen LogP contribution in [0.2, 0.25) is 0 Å². The Labute approximate surface area is 150 Å². The van der Waals surface area contributed by atoms with Crippen LogP contribution in [-0.4, -0.2) is 10.9 Å². The average Bonchev–Trinajstić information content (AvgIpc) is 3.08. The normalized spacial score (nSPS) is 10.7. The van der Waals surface area contributed by atoms with E-state index < -0.39 is 0 Å². The van der Waals surface area contributed by atoms with Gasteiger partial charge in [-0.3, -0.25) is 9.69 Å². The SMILES string of the molecule is CCC(=O)N(c1ccc(F)cc1)c1nc(-c2ccccc2)c(CC)s1. The fourth-order valence-electron chi connectivity index (χ4n) is 2.61. The molecule has 1 amide bonds. The topological polar surface area (TPSA) is 33.2 Å². The fourth-order valence-corrected chi connectivity index (χ4v) is 3.67. The number of benzene rings is 2. The predicted octanol–water partition coefficient (Wildman–Crippen LogP) is 5.59. The van der Waals surface area contributed by atoms with Gasteiger partial charge < -0.3 is 0 Å². The minimum absolute atomic E-state index is 0.0670. The Morgan fingerprint density at radius 3 is 2.36 bits per heavy atom. The number of halogens is 1. The van der Waals surface area contributed by atoms with Crippen molar-refractivity contribution in [1.29, 1.82) is 0 Å². The quantitative estimate of drug-likeness (QED) is 0.599. The van der Waals surface area contributed by atoms with Crippen LogP contribution in [0.5, 0.6) is 0 Å². The number of amides is 1. The fraction of sp³-hybridized carbons (Fsp3) is 0.200. The summed E-state index contributed by atoms with van der Waals surface area (Å²) < 4.78 is 13.3. The van der Waals surface area contributed by atoms with Crippen LogP contribution in [0.3, 0.4) is 0 Å². The van der Waals surface area contributed by atoms with Crippen molar-refractivity contribution < 1.29 is 9.18 Å². The number of carbonyl (C=O) groups excluding carboxylic acids is 1. The summed E-state index contributed by atoms with van der Waals surface area (Å²) in [5.74, 6) is -0.395. The molecule has 0 aliphatic carbocycles. The minimum Gasteiger partial charge on any atom is -0.274 e. The second-order valence-electron chi connectivity index (χ2n) is 5.55. The molecule has 0 bridgehead atoms. The maximum atomic E-state index is 13.3. The lowest BCUT2D eigenvalue weighted by atomic mass is 10.1. The molecule has 0 N–H and O–H groups in total. The Morgan fingerprint density at radius 2 is 1.76 bits per heavy atom. The molecule has 0 fully saturated rings. The molecule has 1 heterocycles. The van der Waals surface area contributed by atoms with Crippen molar-refractivity contribution in [2.75, 3.05) is 4.90 Å². The summed E-state index contributed by atoms with van der Waals surface area (Å²) in [7, 11) is 0. The van der Waals surface area contributed by atoms with Crippen LogP contribution in [0.15, 0.2) is 54.6 Å². The molecule has 0 spiro atoms. The van der Waals surface area contributed by atoms with Crippen LogP contribution in [-0.2, 0) is 11.2 Å². The van der Waals surface area contributed by atoms with Gasteiger partial charge >= 0.3 is 0 Å². The van der Waals surface area contributed by atoms with E-state index in [1.54, 1.807) is 17.0 Å². The number of aromatic nitrogens is 1. The van der Waals surface area contributed by atoms with Gasteiger partial charge in [0.2, 0.25) is 5.91 Å². The van der Waals surface area contributed by atoms with Crippen LogP contribution < -0.4 is 4.90 Å². The van der Waals surface area contributed by atoms with E-state index >= 15 is 0 Å². The molecule has 1 aromatic heterocycles. The van der Waals surface area contributed by atoms with Gasteiger partial charge in [-0.2, -0.15) is 0 Å². The molecular formula is C20H19FN2OS. The first-order chi connectivity index (χ1) is 12.1. The molecule has 0 radical (unpaired) electrons. The van der Waals surface area contributed by atoms with Gasteiger partial charge in [-0.25, -0.2) is 9.37 Å². The molecule has 0 unspecified atom stereocenters. The largest absolute Gasteiger partial charge is 0.274 e. The molecule has 0 saturated heterocycles. The van der Waals surface area contributed by atoms with Crippen molar-refractivity contribution in [2.45, 2.75) is 26.7 Å². The van der Waals surface area contributed by atoms with Gasteiger partial charge in [0, 0.05) is 16.9 Å². The van der Waals surface area contributed by atoms with Crippen LogP contribution >= 0.6 is 11.3 Å². The van der Waals surface area contributed by atoms with Gasteiger partial charge in [-0.1, -0.05) is 44.2 Å². The van der Waals surface area contributed by atoms with E-state index in [1.165, 1.54) is 23.5 Å². The van der Waals surface area contributed by atoms with Crippen molar-refractivity contribution in [2.24, 2.45) is 0 Å². The number of carbonyl (C=O) groups is 1. The Hall–Kier alpha value is -2.53. The monoisotopic (exact) mass is 354 g/mol. The lowest BCUT2D eigenvalue weighted by molar-refractivity contribution is -0.117. The summed E-state index contributed by atoms with van der Waals surface area (Å²) in [4.78, 5) is 20.0. The lowest BCUT2D eigenvalue weighted by Crippen LogP contribution is -2.24. The van der Waals surface area contributed by atoms with E-state index in [9.17, 15) is 9.18 Å². The smallest absolute Gasteiger partial charge is 0.233 e. The van der Waals surface area contributed by atoms with Crippen molar-refractivity contribution in [3.05, 3.63) is 65.3 Å². The van der Waals surface area contributed by atoms with Gasteiger partial charge in [0.1, 0.15) is 5.82 Å². The molecule has 0 aliphatic heterocycles. The third-order valence-electron chi connectivity index (χ3n) is 3.88. The van der Waals surface area contributed by atoms with Crippen LogP contribution in [0.25, 0.3) is 11.3 Å². The third-order valence-corrected chi connectivity index (χ3v) is 5.07. The van der Waals surface area contributed by atoms with Crippen molar-refractivity contribution in [1.82, 2.24) is 4.98 Å². The highest BCUT2D eigenvalue weighted by Crippen LogP contribution is 2.37. The van der Waals surface area contributed by atoms with Crippen molar-refractivity contribution in [3.63, 3.8) is 0 Å². The molecule has 3 aromatic rings. The summed E-state index contributed by atoms with van der Waals surface area (Å²) >= 11 is 1.51. The number of hydrogen-bond donors (Lipinski definition) is 0. The number of hydrogen-bond acceptors (Lipinski definition) is 3. The molecule has 128 valence electrons. The lowest BCUT2D eigenvalue weighted by Gasteiger charge is -2.19. The summed E-state index contributed by atoms with van der Waals surface area (Å²) in [6, 6.07) is 15.9. The number of aryl methyl sites for hydroxylation is 1. The summed E-state index contributed by atoms with van der Waals surface area (Å²) in [5, 5.41) is 0.620. The molecule has 0 saturated carbocycles. The highest BCUT2D eigenvalue weighted by molar-refractivity contribution is 7.16. The zero-order valence-electron chi connectivity index (χ0n) is 14.2. The maximum absolute atomic E-state index is 13.3. The molecule has 5 heteroatoms. The first kappa shape index (κ1) is 17.3. The Kier molecular flexibility index (Phi) is 5.24. The number of rotatable bonds is 5. The number of anilines is 2. The summed E-state index contributed by atoms with van der Waals surface area (Å²) in [6.07, 6.45) is 1.18. The van der Waals surface area contributed by atoms with Gasteiger partial charge in [0.15, 0.2) is 5.13 Å². The van der Waals surface area contributed by atoms with Crippen LogP contribution in [0.1, 0.15) is 25.1 Å². The van der Waals surface area contributed by atoms with E-state index in [0.29, 0.717) is 17.2 Å². The van der Waals surface area contributed by atoms with E-state index in [2.05, 4.69) is 6.92 Å². The Morgan fingerprint density at radius 1 is 1.08 bits per heavy atom. The van der Waals surface area contributed by atoms with Crippen molar-refractivity contribution >= 4 is 28.1 Å². The van der Waals surface area contributed by atoms with Gasteiger partial charge in [0.05, 0.1) is 11.4 Å². The molecule has 0 atom stereocenters. The van der Waals surface area contributed by atoms with Crippen LogP contribution in [0, 0.1) is 5.82 Å². The van der Waals surface area contributed by atoms with Gasteiger partial charge in [-0.15, -0.1) is 11.3 Å². The Balaban J connectivity index is 2.09. The van der Waals surface area contributed by atoms with E-state index in [4.69, 9.17) is 4.98 Å². The third kappa shape index (κ3) is 3.61. The molecule has 3 rings (SSSR count). The molecule has 2 aromatic carbocycles. The maximum Gasteiger partial charge on any atom is 0.233 e. The van der Waals surface area contributed by atoms with Gasteiger partial charge in [-0.05, 0) is 30.7 Å². The summed E-state index contributed by atoms with van der Waals surface area (Å²) in [6.45, 7) is 3.89. The predicted molar refractivity (Wildman–Crippen MR) is 101 cm³/mol. The minimum atomic E-state index is -0.328. The highest BCUT2D eigenvalue weighted by Gasteiger charge is 2.22. The number of nitrogens with zero attached hydrogens (tertiary/aromatic N) is 2. The highest BCUT2D eigenvalue weighted by atomic mass is 32.1. The first-order valence-electron chi connectivity index (χ1n) is 8.27. The van der Waals surface area contributed by atoms with Crippen LogP contribution in [0.4, 0.5) is 15.2 Å².